The summed E-state index contributed by atoms with van der Waals surface area (Å²) in [6.07, 6.45) is 4.26. The van der Waals surface area contributed by atoms with Crippen LogP contribution in [0.2, 0.25) is 0 Å². The Morgan fingerprint density at radius 2 is 1.84 bits per heavy atom. The van der Waals surface area contributed by atoms with Gasteiger partial charge in [0, 0.05) is 43.2 Å². The molecule has 0 N–H and O–H groups in total. The number of amides is 1. The molecule has 1 atom stereocenters. The Bertz CT molecular complexity index is 1000. The van der Waals surface area contributed by atoms with E-state index in [2.05, 4.69) is 42.5 Å². The summed E-state index contributed by atoms with van der Waals surface area (Å²) in [7, 11) is 1.69. The number of likely N-dealkylation sites (tertiary alicyclic amines) is 1. The van der Waals surface area contributed by atoms with Crippen molar-refractivity contribution in [2.45, 2.75) is 38.0 Å². The summed E-state index contributed by atoms with van der Waals surface area (Å²) in [6, 6.07) is 24.6. The molecule has 0 unspecified atom stereocenters. The Kier molecular flexibility index (Phi) is 6.98. The Morgan fingerprint density at radius 1 is 1.03 bits per heavy atom. The molecule has 4 nitrogen and oxygen atoms in total. The van der Waals surface area contributed by atoms with Crippen molar-refractivity contribution in [3.05, 3.63) is 95.3 Å². The molecular weight excluding hydrogens is 384 g/mol. The SMILES string of the molecule is COc1cccc(Cc2cccc([C@@H]3CCCN(C(=O)CCc4ccccc4)C3)n2)c1. The molecule has 2 heterocycles. The van der Waals surface area contributed by atoms with Gasteiger partial charge in [-0.2, -0.15) is 0 Å². The van der Waals surface area contributed by atoms with E-state index in [9.17, 15) is 4.79 Å². The lowest BCUT2D eigenvalue weighted by Crippen LogP contribution is -2.39. The van der Waals surface area contributed by atoms with E-state index in [1.165, 1.54) is 11.1 Å². The van der Waals surface area contributed by atoms with Gasteiger partial charge in [-0.15, -0.1) is 0 Å². The van der Waals surface area contributed by atoms with Crippen molar-refractivity contribution in [2.75, 3.05) is 20.2 Å². The average molecular weight is 415 g/mol. The van der Waals surface area contributed by atoms with Crippen LogP contribution in [0.25, 0.3) is 0 Å². The highest BCUT2D eigenvalue weighted by molar-refractivity contribution is 5.76. The van der Waals surface area contributed by atoms with Crippen molar-refractivity contribution in [1.29, 1.82) is 0 Å². The first-order valence-electron chi connectivity index (χ1n) is 11.1. The summed E-state index contributed by atoms with van der Waals surface area (Å²) in [5.41, 5.74) is 4.56. The zero-order valence-corrected chi connectivity index (χ0v) is 18.2. The molecule has 4 rings (SSSR count). The number of piperidine rings is 1. The number of rotatable bonds is 7. The number of pyridine rings is 1. The van der Waals surface area contributed by atoms with Gasteiger partial charge in [0.25, 0.3) is 0 Å². The van der Waals surface area contributed by atoms with Crippen LogP contribution in [0.3, 0.4) is 0 Å². The molecule has 0 radical (unpaired) electrons. The topological polar surface area (TPSA) is 42.4 Å². The largest absolute Gasteiger partial charge is 0.497 e. The molecule has 1 aliphatic heterocycles. The maximum Gasteiger partial charge on any atom is 0.222 e. The maximum absolute atomic E-state index is 12.8. The first-order chi connectivity index (χ1) is 15.2. The molecule has 0 aliphatic carbocycles. The molecule has 1 aromatic heterocycles. The quantitative estimate of drug-likeness (QED) is 0.545. The van der Waals surface area contributed by atoms with E-state index in [-0.39, 0.29) is 5.91 Å². The number of carbonyl (C=O) groups excluding carboxylic acids is 1. The Hall–Kier alpha value is -3.14. The number of aryl methyl sites for hydroxylation is 1. The van der Waals surface area contributed by atoms with E-state index < -0.39 is 0 Å². The number of ether oxygens (including phenoxy) is 1. The smallest absolute Gasteiger partial charge is 0.222 e. The van der Waals surface area contributed by atoms with Crippen LogP contribution in [0.1, 0.15) is 47.7 Å². The lowest BCUT2D eigenvalue weighted by molar-refractivity contribution is -0.132. The zero-order valence-electron chi connectivity index (χ0n) is 18.2. The minimum atomic E-state index is 0.251. The molecular formula is C27H30N2O2. The number of methoxy groups -OCH3 is 1. The van der Waals surface area contributed by atoms with Crippen LogP contribution in [-0.2, 0) is 17.6 Å². The Labute approximate surface area is 184 Å². The van der Waals surface area contributed by atoms with Crippen LogP contribution in [-0.4, -0.2) is 36.0 Å². The normalized spacial score (nSPS) is 16.2. The molecule has 0 bridgehead atoms. The van der Waals surface area contributed by atoms with Crippen molar-refractivity contribution in [3.8, 4) is 5.75 Å². The Balaban J connectivity index is 1.38. The lowest BCUT2D eigenvalue weighted by Gasteiger charge is -2.32. The van der Waals surface area contributed by atoms with Gasteiger partial charge in [0.15, 0.2) is 0 Å². The summed E-state index contributed by atoms with van der Waals surface area (Å²) < 4.78 is 5.34. The van der Waals surface area contributed by atoms with E-state index in [0.717, 1.165) is 55.9 Å². The van der Waals surface area contributed by atoms with Crippen LogP contribution in [0.4, 0.5) is 0 Å². The lowest BCUT2D eigenvalue weighted by atomic mass is 9.93. The molecule has 1 amide bonds. The van der Waals surface area contributed by atoms with Gasteiger partial charge in [0.1, 0.15) is 5.75 Å². The van der Waals surface area contributed by atoms with E-state index in [4.69, 9.17) is 9.72 Å². The molecule has 2 aromatic carbocycles. The van der Waals surface area contributed by atoms with Gasteiger partial charge in [-0.3, -0.25) is 9.78 Å². The summed E-state index contributed by atoms with van der Waals surface area (Å²) in [5, 5.41) is 0. The van der Waals surface area contributed by atoms with Gasteiger partial charge in [-0.1, -0.05) is 48.5 Å². The van der Waals surface area contributed by atoms with E-state index in [1.54, 1.807) is 7.11 Å². The monoisotopic (exact) mass is 414 g/mol. The summed E-state index contributed by atoms with van der Waals surface area (Å²) in [4.78, 5) is 19.8. The fraction of sp³-hybridized carbons (Fsp3) is 0.333. The van der Waals surface area contributed by atoms with E-state index in [0.29, 0.717) is 12.3 Å². The first kappa shape index (κ1) is 21.1. The molecule has 1 saturated heterocycles. The van der Waals surface area contributed by atoms with Crippen LogP contribution in [0, 0.1) is 0 Å². The highest BCUT2D eigenvalue weighted by Crippen LogP contribution is 2.27. The van der Waals surface area contributed by atoms with Crippen molar-refractivity contribution < 1.29 is 9.53 Å². The fourth-order valence-electron chi connectivity index (χ4n) is 4.31. The zero-order chi connectivity index (χ0) is 21.5. The average Bonchev–Trinajstić information content (AvgIpc) is 2.83. The second kappa shape index (κ2) is 10.3. The number of aromatic nitrogens is 1. The van der Waals surface area contributed by atoms with Gasteiger partial charge in [-0.25, -0.2) is 0 Å². The van der Waals surface area contributed by atoms with E-state index in [1.807, 2.05) is 35.2 Å². The predicted molar refractivity (Wildman–Crippen MR) is 123 cm³/mol. The summed E-state index contributed by atoms with van der Waals surface area (Å²) in [5.74, 6) is 1.42. The van der Waals surface area contributed by atoms with Crippen LogP contribution in [0.15, 0.2) is 72.8 Å². The highest BCUT2D eigenvalue weighted by atomic mass is 16.5. The van der Waals surface area contributed by atoms with Gasteiger partial charge >= 0.3 is 0 Å². The van der Waals surface area contributed by atoms with Crippen LogP contribution < -0.4 is 4.74 Å². The first-order valence-corrected chi connectivity index (χ1v) is 11.1. The Morgan fingerprint density at radius 3 is 2.68 bits per heavy atom. The summed E-state index contributed by atoms with van der Waals surface area (Å²) in [6.45, 7) is 1.62. The summed E-state index contributed by atoms with van der Waals surface area (Å²) >= 11 is 0. The van der Waals surface area contributed by atoms with Gasteiger partial charge in [0.05, 0.1) is 7.11 Å². The molecule has 0 saturated carbocycles. The molecule has 3 aromatic rings. The van der Waals surface area contributed by atoms with Crippen molar-refractivity contribution in [1.82, 2.24) is 9.88 Å². The third-order valence-corrected chi connectivity index (χ3v) is 6.01. The van der Waals surface area contributed by atoms with Crippen molar-refractivity contribution in [2.24, 2.45) is 0 Å². The van der Waals surface area contributed by atoms with Gasteiger partial charge < -0.3 is 9.64 Å². The van der Waals surface area contributed by atoms with Crippen molar-refractivity contribution >= 4 is 5.91 Å². The van der Waals surface area contributed by atoms with Gasteiger partial charge in [-0.05, 0) is 54.7 Å². The molecule has 0 spiro atoms. The highest BCUT2D eigenvalue weighted by Gasteiger charge is 2.25. The van der Waals surface area contributed by atoms with Crippen LogP contribution in [0.5, 0.6) is 5.75 Å². The third-order valence-electron chi connectivity index (χ3n) is 6.01. The second-order valence-corrected chi connectivity index (χ2v) is 8.25. The van der Waals surface area contributed by atoms with Crippen LogP contribution >= 0.6 is 0 Å². The standard InChI is InChI=1S/C27H30N2O2/c1-31-25-13-5-10-22(19-25)18-24-12-6-14-26(28-24)23-11-7-17-29(20-23)27(30)16-15-21-8-3-2-4-9-21/h2-6,8-10,12-14,19,23H,7,11,15-18,20H2,1H3/t23-/m1/s1. The number of carbonyl (C=O) groups is 1. The number of nitrogens with zero attached hydrogens (tertiary/aromatic N) is 2. The second-order valence-electron chi connectivity index (χ2n) is 8.25. The number of hydrogen-bond donors (Lipinski definition) is 0. The maximum atomic E-state index is 12.8. The molecule has 1 aliphatic rings. The van der Waals surface area contributed by atoms with Gasteiger partial charge in [0.2, 0.25) is 5.91 Å². The molecule has 1 fully saturated rings. The minimum Gasteiger partial charge on any atom is -0.497 e. The van der Waals surface area contributed by atoms with Crippen molar-refractivity contribution in [3.63, 3.8) is 0 Å². The number of hydrogen-bond acceptors (Lipinski definition) is 3. The van der Waals surface area contributed by atoms with E-state index >= 15 is 0 Å². The predicted octanol–water partition coefficient (Wildman–Crippen LogP) is 5.02. The molecule has 31 heavy (non-hydrogen) atoms. The fourth-order valence-corrected chi connectivity index (χ4v) is 4.31. The third kappa shape index (κ3) is 5.72. The minimum absolute atomic E-state index is 0.251. The number of benzene rings is 2. The molecule has 4 heteroatoms. The molecule has 160 valence electrons.